The van der Waals surface area contributed by atoms with Crippen LogP contribution in [-0.2, 0) is 11.2 Å². The standard InChI is InChI=1S/C16H24N2O/c1-12-11-19-10-9-18(12)15-8-4-6-13-5-2-3-7-14(13)16(15)17/h2-3,5,7,12,15-16H,4,6,8-11,17H2,1H3. The van der Waals surface area contributed by atoms with Crippen molar-refractivity contribution in [2.24, 2.45) is 5.73 Å². The van der Waals surface area contributed by atoms with Gasteiger partial charge in [-0.05, 0) is 37.3 Å². The number of hydrogen-bond acceptors (Lipinski definition) is 3. The van der Waals surface area contributed by atoms with Gasteiger partial charge in [-0.3, -0.25) is 4.90 Å². The molecule has 0 amide bonds. The summed E-state index contributed by atoms with van der Waals surface area (Å²) >= 11 is 0. The molecule has 104 valence electrons. The van der Waals surface area contributed by atoms with Gasteiger partial charge in [0.05, 0.1) is 13.2 Å². The summed E-state index contributed by atoms with van der Waals surface area (Å²) in [5.74, 6) is 0. The largest absolute Gasteiger partial charge is 0.379 e. The zero-order valence-electron chi connectivity index (χ0n) is 11.7. The molecule has 0 aromatic heterocycles. The fourth-order valence-corrected chi connectivity index (χ4v) is 3.58. The third-order valence-electron chi connectivity index (χ3n) is 4.62. The number of rotatable bonds is 1. The van der Waals surface area contributed by atoms with Gasteiger partial charge in [-0.1, -0.05) is 24.3 Å². The summed E-state index contributed by atoms with van der Waals surface area (Å²) in [7, 11) is 0. The maximum Gasteiger partial charge on any atom is 0.0619 e. The highest BCUT2D eigenvalue weighted by Crippen LogP contribution is 2.31. The normalized spacial score (nSPS) is 32.6. The van der Waals surface area contributed by atoms with Gasteiger partial charge >= 0.3 is 0 Å². The van der Waals surface area contributed by atoms with Gasteiger partial charge in [-0.15, -0.1) is 0 Å². The summed E-state index contributed by atoms with van der Waals surface area (Å²) in [6.45, 7) is 4.95. The Hall–Kier alpha value is -0.900. The first kappa shape index (κ1) is 13.1. The maximum absolute atomic E-state index is 6.60. The van der Waals surface area contributed by atoms with Crippen molar-refractivity contribution < 1.29 is 4.74 Å². The zero-order chi connectivity index (χ0) is 13.2. The predicted octanol–water partition coefficient (Wildman–Crippen LogP) is 2.11. The highest BCUT2D eigenvalue weighted by Gasteiger charge is 2.33. The number of ether oxygens (including phenoxy) is 1. The molecule has 2 aliphatic rings. The summed E-state index contributed by atoms with van der Waals surface area (Å²) in [6, 6.07) is 9.77. The van der Waals surface area contributed by atoms with Crippen molar-refractivity contribution in [3.05, 3.63) is 35.4 Å². The van der Waals surface area contributed by atoms with E-state index in [0.29, 0.717) is 12.1 Å². The zero-order valence-corrected chi connectivity index (χ0v) is 11.7. The smallest absolute Gasteiger partial charge is 0.0619 e. The molecule has 1 aromatic rings. The Bertz CT molecular complexity index is 435. The molecule has 3 atom stereocenters. The SMILES string of the molecule is CC1COCCN1C1CCCc2ccccc2C1N. The van der Waals surface area contributed by atoms with Crippen molar-refractivity contribution in [2.45, 2.75) is 44.3 Å². The van der Waals surface area contributed by atoms with E-state index in [-0.39, 0.29) is 6.04 Å². The minimum absolute atomic E-state index is 0.138. The maximum atomic E-state index is 6.60. The second-order valence-electron chi connectivity index (χ2n) is 5.85. The molecule has 1 fully saturated rings. The van der Waals surface area contributed by atoms with Crippen LogP contribution in [0.25, 0.3) is 0 Å². The monoisotopic (exact) mass is 260 g/mol. The van der Waals surface area contributed by atoms with Crippen LogP contribution in [0.1, 0.15) is 36.9 Å². The second-order valence-corrected chi connectivity index (χ2v) is 5.85. The highest BCUT2D eigenvalue weighted by molar-refractivity contribution is 5.32. The Morgan fingerprint density at radius 2 is 2.16 bits per heavy atom. The molecule has 0 spiro atoms. The fraction of sp³-hybridized carbons (Fsp3) is 0.625. The summed E-state index contributed by atoms with van der Waals surface area (Å²) < 4.78 is 5.56. The lowest BCUT2D eigenvalue weighted by Crippen LogP contribution is -2.52. The van der Waals surface area contributed by atoms with E-state index in [9.17, 15) is 0 Å². The molecule has 3 unspecified atom stereocenters. The molecule has 1 saturated heterocycles. The van der Waals surface area contributed by atoms with Crippen molar-refractivity contribution in [2.75, 3.05) is 19.8 Å². The third-order valence-corrected chi connectivity index (χ3v) is 4.62. The van der Waals surface area contributed by atoms with E-state index in [1.165, 1.54) is 30.4 Å². The first-order chi connectivity index (χ1) is 9.27. The molecule has 1 aliphatic heterocycles. The fourth-order valence-electron chi connectivity index (χ4n) is 3.58. The second kappa shape index (κ2) is 5.61. The molecule has 3 rings (SSSR count). The third kappa shape index (κ3) is 2.55. The van der Waals surface area contributed by atoms with Gasteiger partial charge in [0.2, 0.25) is 0 Å². The lowest BCUT2D eigenvalue weighted by molar-refractivity contribution is -0.0289. The van der Waals surface area contributed by atoms with E-state index in [1.54, 1.807) is 0 Å². The topological polar surface area (TPSA) is 38.5 Å². The van der Waals surface area contributed by atoms with Crippen LogP contribution in [-0.4, -0.2) is 36.7 Å². The van der Waals surface area contributed by atoms with Gasteiger partial charge in [0.15, 0.2) is 0 Å². The van der Waals surface area contributed by atoms with Gasteiger partial charge in [0, 0.05) is 24.7 Å². The van der Waals surface area contributed by atoms with E-state index in [4.69, 9.17) is 10.5 Å². The van der Waals surface area contributed by atoms with E-state index in [2.05, 4.69) is 36.1 Å². The number of benzene rings is 1. The number of nitrogens with two attached hydrogens (primary N) is 1. The van der Waals surface area contributed by atoms with Gasteiger partial charge < -0.3 is 10.5 Å². The number of hydrogen-bond donors (Lipinski definition) is 1. The highest BCUT2D eigenvalue weighted by atomic mass is 16.5. The summed E-state index contributed by atoms with van der Waals surface area (Å²) in [5, 5.41) is 0. The number of aryl methyl sites for hydroxylation is 1. The molecule has 0 bridgehead atoms. The van der Waals surface area contributed by atoms with E-state index in [1.807, 2.05) is 0 Å². The van der Waals surface area contributed by atoms with Gasteiger partial charge in [-0.25, -0.2) is 0 Å². The molecule has 0 radical (unpaired) electrons. The average molecular weight is 260 g/mol. The predicted molar refractivity (Wildman–Crippen MR) is 77.1 cm³/mol. The molecular formula is C16H24N2O. The van der Waals surface area contributed by atoms with Gasteiger partial charge in [-0.2, -0.15) is 0 Å². The van der Waals surface area contributed by atoms with Crippen molar-refractivity contribution in [1.29, 1.82) is 0 Å². The molecule has 19 heavy (non-hydrogen) atoms. The van der Waals surface area contributed by atoms with E-state index >= 15 is 0 Å². The Kier molecular flexibility index (Phi) is 3.87. The van der Waals surface area contributed by atoms with Gasteiger partial charge in [0.25, 0.3) is 0 Å². The molecule has 0 saturated carbocycles. The summed E-state index contributed by atoms with van der Waals surface area (Å²) in [4.78, 5) is 2.57. The van der Waals surface area contributed by atoms with Crippen molar-refractivity contribution in [3.8, 4) is 0 Å². The first-order valence-corrected chi connectivity index (χ1v) is 7.44. The van der Waals surface area contributed by atoms with Crippen LogP contribution in [0.3, 0.4) is 0 Å². The molecule has 3 nitrogen and oxygen atoms in total. The molecular weight excluding hydrogens is 236 g/mol. The minimum Gasteiger partial charge on any atom is -0.379 e. The Morgan fingerprint density at radius 3 is 3.00 bits per heavy atom. The van der Waals surface area contributed by atoms with Crippen molar-refractivity contribution in [3.63, 3.8) is 0 Å². The molecule has 1 aliphatic carbocycles. The van der Waals surface area contributed by atoms with Crippen LogP contribution < -0.4 is 5.73 Å². The Labute approximate surface area is 115 Å². The van der Waals surface area contributed by atoms with Crippen LogP contribution in [0, 0.1) is 0 Å². The number of morpholine rings is 1. The molecule has 3 heteroatoms. The Balaban J connectivity index is 1.86. The van der Waals surface area contributed by atoms with Crippen LogP contribution in [0.5, 0.6) is 0 Å². The minimum atomic E-state index is 0.138. The van der Waals surface area contributed by atoms with Crippen LogP contribution >= 0.6 is 0 Å². The van der Waals surface area contributed by atoms with Gasteiger partial charge in [0.1, 0.15) is 0 Å². The van der Waals surface area contributed by atoms with Crippen LogP contribution in [0.2, 0.25) is 0 Å². The quantitative estimate of drug-likeness (QED) is 0.786. The summed E-state index contributed by atoms with van der Waals surface area (Å²) in [5.41, 5.74) is 9.39. The van der Waals surface area contributed by atoms with Crippen LogP contribution in [0.4, 0.5) is 0 Å². The molecule has 2 N–H and O–H groups in total. The first-order valence-electron chi connectivity index (χ1n) is 7.44. The Morgan fingerprint density at radius 1 is 1.32 bits per heavy atom. The lowest BCUT2D eigenvalue weighted by Gasteiger charge is -2.41. The van der Waals surface area contributed by atoms with E-state index < -0.39 is 0 Å². The lowest BCUT2D eigenvalue weighted by atomic mass is 9.95. The van der Waals surface area contributed by atoms with Crippen molar-refractivity contribution in [1.82, 2.24) is 4.90 Å². The number of fused-ring (bicyclic) bond motifs is 1. The van der Waals surface area contributed by atoms with Crippen molar-refractivity contribution >= 4 is 0 Å². The molecule has 1 aromatic carbocycles. The summed E-state index contributed by atoms with van der Waals surface area (Å²) in [6.07, 6.45) is 3.60. The average Bonchev–Trinajstić information content (AvgIpc) is 2.60. The molecule has 1 heterocycles. The van der Waals surface area contributed by atoms with Crippen LogP contribution in [0.15, 0.2) is 24.3 Å². The van der Waals surface area contributed by atoms with E-state index in [0.717, 1.165) is 19.8 Å². The number of nitrogens with zero attached hydrogens (tertiary/aromatic N) is 1.